The highest BCUT2D eigenvalue weighted by atomic mass is 16.4. The Hall–Kier alpha value is -1.85. The number of hydrogen-bond acceptors (Lipinski definition) is 3. The van der Waals surface area contributed by atoms with E-state index in [9.17, 15) is 9.59 Å². The summed E-state index contributed by atoms with van der Waals surface area (Å²) in [6.07, 6.45) is 0.429. The summed E-state index contributed by atoms with van der Waals surface area (Å²) in [6.45, 7) is 7.54. The van der Waals surface area contributed by atoms with Gasteiger partial charge in [0.2, 0.25) is 5.91 Å². The molecule has 1 rings (SSSR count). The van der Waals surface area contributed by atoms with E-state index in [2.05, 4.69) is 10.4 Å². The molecule has 0 unspecified atom stereocenters. The average Bonchev–Trinajstić information content (AvgIpc) is 2.54. The zero-order valence-electron chi connectivity index (χ0n) is 11.9. The second-order valence-corrected chi connectivity index (χ2v) is 5.41. The number of carboxylic acids is 1. The van der Waals surface area contributed by atoms with Crippen LogP contribution in [-0.2, 0) is 16.1 Å². The van der Waals surface area contributed by atoms with Crippen molar-refractivity contribution in [2.75, 3.05) is 0 Å². The van der Waals surface area contributed by atoms with Crippen LogP contribution >= 0.6 is 0 Å². The third-order valence-corrected chi connectivity index (χ3v) is 2.84. The van der Waals surface area contributed by atoms with Gasteiger partial charge in [-0.1, -0.05) is 0 Å². The highest BCUT2D eigenvalue weighted by molar-refractivity contribution is 5.76. The number of aromatic nitrogens is 2. The van der Waals surface area contributed by atoms with Crippen molar-refractivity contribution in [3.8, 4) is 0 Å². The third kappa shape index (κ3) is 5.11. The lowest BCUT2D eigenvalue weighted by molar-refractivity contribution is -0.137. The van der Waals surface area contributed by atoms with Crippen molar-refractivity contribution in [1.82, 2.24) is 15.1 Å². The Balaban J connectivity index is 2.55. The number of carboxylic acid groups (broad SMARTS) is 1. The fourth-order valence-corrected chi connectivity index (χ4v) is 1.87. The van der Waals surface area contributed by atoms with E-state index in [0.29, 0.717) is 6.42 Å². The molecule has 0 radical (unpaired) electrons. The summed E-state index contributed by atoms with van der Waals surface area (Å²) in [6, 6.07) is 1.91. The first-order valence-corrected chi connectivity index (χ1v) is 6.23. The van der Waals surface area contributed by atoms with E-state index in [0.717, 1.165) is 11.4 Å². The average molecular weight is 267 g/mol. The number of nitrogens with zero attached hydrogens (tertiary/aromatic N) is 2. The quantitative estimate of drug-likeness (QED) is 0.812. The van der Waals surface area contributed by atoms with Crippen molar-refractivity contribution in [2.24, 2.45) is 0 Å². The molecular formula is C13H21N3O3. The highest BCUT2D eigenvalue weighted by Gasteiger charge is 2.21. The number of nitrogens with one attached hydrogen (secondary N) is 1. The van der Waals surface area contributed by atoms with Crippen molar-refractivity contribution in [2.45, 2.75) is 52.6 Å². The van der Waals surface area contributed by atoms with Gasteiger partial charge in [0.1, 0.15) is 6.54 Å². The SMILES string of the molecule is Cc1cc(C)n(CC(=O)NC(C)(C)CCC(=O)O)n1. The van der Waals surface area contributed by atoms with Crippen LogP contribution in [0, 0.1) is 13.8 Å². The molecule has 19 heavy (non-hydrogen) atoms. The largest absolute Gasteiger partial charge is 0.481 e. The molecule has 0 fully saturated rings. The van der Waals surface area contributed by atoms with Crippen molar-refractivity contribution >= 4 is 11.9 Å². The van der Waals surface area contributed by atoms with Crippen LogP contribution in [-0.4, -0.2) is 32.3 Å². The molecule has 6 heteroatoms. The van der Waals surface area contributed by atoms with Gasteiger partial charge < -0.3 is 10.4 Å². The van der Waals surface area contributed by atoms with Crippen LogP contribution in [0.4, 0.5) is 0 Å². The molecule has 1 aromatic rings. The van der Waals surface area contributed by atoms with E-state index in [1.54, 1.807) is 4.68 Å². The van der Waals surface area contributed by atoms with Crippen molar-refractivity contribution in [1.29, 1.82) is 0 Å². The Labute approximate surface area is 112 Å². The van der Waals surface area contributed by atoms with Gasteiger partial charge in [0.15, 0.2) is 0 Å². The van der Waals surface area contributed by atoms with Crippen molar-refractivity contribution in [3.63, 3.8) is 0 Å². The number of rotatable bonds is 6. The van der Waals surface area contributed by atoms with Crippen molar-refractivity contribution < 1.29 is 14.7 Å². The summed E-state index contributed by atoms with van der Waals surface area (Å²) in [5.74, 6) is -1.03. The normalized spacial score (nSPS) is 11.4. The summed E-state index contributed by atoms with van der Waals surface area (Å²) in [4.78, 5) is 22.5. The van der Waals surface area contributed by atoms with Crippen LogP contribution in [0.1, 0.15) is 38.1 Å². The van der Waals surface area contributed by atoms with Crippen LogP contribution < -0.4 is 5.32 Å². The predicted octanol–water partition coefficient (Wildman–Crippen LogP) is 1.26. The molecule has 0 aliphatic rings. The van der Waals surface area contributed by atoms with Gasteiger partial charge in [-0.3, -0.25) is 14.3 Å². The molecule has 0 saturated heterocycles. The van der Waals surface area contributed by atoms with E-state index in [-0.39, 0.29) is 18.9 Å². The molecule has 2 N–H and O–H groups in total. The lowest BCUT2D eigenvalue weighted by Gasteiger charge is -2.25. The summed E-state index contributed by atoms with van der Waals surface area (Å²) in [7, 11) is 0. The minimum absolute atomic E-state index is 0.0349. The molecule has 0 aliphatic carbocycles. The fraction of sp³-hybridized carbons (Fsp3) is 0.615. The molecule has 0 aliphatic heterocycles. The monoisotopic (exact) mass is 267 g/mol. The minimum atomic E-state index is -0.860. The Morgan fingerprint density at radius 2 is 2.05 bits per heavy atom. The molecular weight excluding hydrogens is 246 g/mol. The van der Waals surface area contributed by atoms with E-state index in [1.807, 2.05) is 33.8 Å². The molecule has 1 amide bonds. The smallest absolute Gasteiger partial charge is 0.303 e. The maximum Gasteiger partial charge on any atom is 0.303 e. The van der Waals surface area contributed by atoms with Crippen LogP contribution in [0.2, 0.25) is 0 Å². The van der Waals surface area contributed by atoms with Crippen molar-refractivity contribution in [3.05, 3.63) is 17.5 Å². The van der Waals surface area contributed by atoms with Crippen LogP contribution in [0.5, 0.6) is 0 Å². The summed E-state index contributed by atoms with van der Waals surface area (Å²) in [5.41, 5.74) is 1.26. The Morgan fingerprint density at radius 3 is 2.53 bits per heavy atom. The Bertz CT molecular complexity index is 477. The van der Waals surface area contributed by atoms with E-state index in [1.165, 1.54) is 0 Å². The number of carbonyl (C=O) groups is 2. The number of aryl methyl sites for hydroxylation is 2. The molecule has 0 spiro atoms. The number of aliphatic carboxylic acids is 1. The Morgan fingerprint density at radius 1 is 1.42 bits per heavy atom. The van der Waals surface area contributed by atoms with Gasteiger partial charge in [0, 0.05) is 17.7 Å². The first kappa shape index (κ1) is 15.2. The maximum atomic E-state index is 11.9. The summed E-state index contributed by atoms with van der Waals surface area (Å²) >= 11 is 0. The van der Waals surface area contributed by atoms with E-state index in [4.69, 9.17) is 5.11 Å². The second-order valence-electron chi connectivity index (χ2n) is 5.41. The van der Waals surface area contributed by atoms with Gasteiger partial charge in [-0.25, -0.2) is 0 Å². The number of amides is 1. The third-order valence-electron chi connectivity index (χ3n) is 2.84. The topological polar surface area (TPSA) is 84.2 Å². The molecule has 1 aromatic heterocycles. The van der Waals surface area contributed by atoms with E-state index < -0.39 is 11.5 Å². The van der Waals surface area contributed by atoms with Crippen LogP contribution in [0.3, 0.4) is 0 Å². The molecule has 106 valence electrons. The lowest BCUT2D eigenvalue weighted by Crippen LogP contribution is -2.45. The second kappa shape index (κ2) is 5.86. The predicted molar refractivity (Wildman–Crippen MR) is 70.8 cm³/mol. The fourth-order valence-electron chi connectivity index (χ4n) is 1.87. The standard InChI is InChI=1S/C13H21N3O3/c1-9-7-10(2)16(15-9)8-11(17)14-13(3,4)6-5-12(18)19/h7H,5-6,8H2,1-4H3,(H,14,17)(H,18,19). The van der Waals surface area contributed by atoms with Gasteiger partial charge in [0.05, 0.1) is 5.69 Å². The number of carbonyl (C=O) groups excluding carboxylic acids is 1. The van der Waals surface area contributed by atoms with Crippen LogP contribution in [0.25, 0.3) is 0 Å². The van der Waals surface area contributed by atoms with Gasteiger partial charge >= 0.3 is 5.97 Å². The van der Waals surface area contributed by atoms with Gasteiger partial charge in [0.25, 0.3) is 0 Å². The highest BCUT2D eigenvalue weighted by Crippen LogP contribution is 2.11. The molecule has 1 heterocycles. The summed E-state index contributed by atoms with van der Waals surface area (Å²) in [5, 5.41) is 15.7. The molecule has 0 aromatic carbocycles. The molecule has 0 saturated carbocycles. The van der Waals surface area contributed by atoms with Gasteiger partial charge in [-0.15, -0.1) is 0 Å². The lowest BCUT2D eigenvalue weighted by atomic mass is 9.98. The van der Waals surface area contributed by atoms with Gasteiger partial charge in [-0.2, -0.15) is 5.10 Å². The molecule has 0 bridgehead atoms. The number of hydrogen-bond donors (Lipinski definition) is 2. The first-order valence-electron chi connectivity index (χ1n) is 6.23. The summed E-state index contributed by atoms with van der Waals surface area (Å²) < 4.78 is 1.64. The first-order chi connectivity index (χ1) is 8.69. The van der Waals surface area contributed by atoms with Gasteiger partial charge in [-0.05, 0) is 40.2 Å². The maximum absolute atomic E-state index is 11.9. The zero-order valence-corrected chi connectivity index (χ0v) is 11.9. The Kier molecular flexibility index (Phi) is 4.69. The van der Waals surface area contributed by atoms with E-state index >= 15 is 0 Å². The molecule has 0 atom stereocenters. The molecule has 6 nitrogen and oxygen atoms in total. The minimum Gasteiger partial charge on any atom is -0.481 e. The van der Waals surface area contributed by atoms with Crippen LogP contribution in [0.15, 0.2) is 6.07 Å². The zero-order chi connectivity index (χ0) is 14.6.